The summed E-state index contributed by atoms with van der Waals surface area (Å²) in [5.41, 5.74) is 0.756. The standard InChI is InChI=1S/C15H22N4O2/c1-11-10-12(16-18(11)3)13(20)19-9-5-7-15(19)6-4-8-17(2)14(15)21/h10H,4-9H2,1-3H3. The summed E-state index contributed by atoms with van der Waals surface area (Å²) in [6.45, 7) is 3.35. The molecule has 21 heavy (non-hydrogen) atoms. The molecular formula is C15H22N4O2. The summed E-state index contributed by atoms with van der Waals surface area (Å²) in [6, 6.07) is 1.80. The van der Waals surface area contributed by atoms with Crippen LogP contribution in [0.4, 0.5) is 0 Å². The van der Waals surface area contributed by atoms with E-state index in [9.17, 15) is 9.59 Å². The maximum atomic E-state index is 12.8. The molecule has 0 radical (unpaired) electrons. The van der Waals surface area contributed by atoms with Crippen LogP contribution in [0.5, 0.6) is 0 Å². The van der Waals surface area contributed by atoms with Crippen molar-refractivity contribution in [3.63, 3.8) is 0 Å². The second-order valence-corrected chi connectivity index (χ2v) is 6.22. The van der Waals surface area contributed by atoms with Gasteiger partial charge >= 0.3 is 0 Å². The van der Waals surface area contributed by atoms with Gasteiger partial charge in [0.05, 0.1) is 0 Å². The first kappa shape index (κ1) is 14.1. The van der Waals surface area contributed by atoms with Crippen LogP contribution in [0, 0.1) is 6.92 Å². The Kier molecular flexibility index (Phi) is 3.26. The number of piperidine rings is 1. The average molecular weight is 290 g/mol. The van der Waals surface area contributed by atoms with Crippen LogP contribution in [-0.2, 0) is 11.8 Å². The van der Waals surface area contributed by atoms with Crippen molar-refractivity contribution in [2.45, 2.75) is 38.1 Å². The molecule has 1 spiro atoms. The van der Waals surface area contributed by atoms with Crippen LogP contribution in [0.15, 0.2) is 6.07 Å². The number of rotatable bonds is 1. The number of aryl methyl sites for hydroxylation is 2. The number of hydrogen-bond acceptors (Lipinski definition) is 3. The lowest BCUT2D eigenvalue weighted by molar-refractivity contribution is -0.144. The number of carbonyl (C=O) groups is 2. The summed E-state index contributed by atoms with van der Waals surface area (Å²) < 4.78 is 1.70. The molecule has 0 aromatic carbocycles. The minimum Gasteiger partial charge on any atom is -0.344 e. The van der Waals surface area contributed by atoms with Gasteiger partial charge in [-0.15, -0.1) is 0 Å². The van der Waals surface area contributed by atoms with Gasteiger partial charge in [0.25, 0.3) is 5.91 Å². The maximum absolute atomic E-state index is 12.8. The van der Waals surface area contributed by atoms with Crippen molar-refractivity contribution < 1.29 is 9.59 Å². The van der Waals surface area contributed by atoms with E-state index in [2.05, 4.69) is 5.10 Å². The molecule has 0 saturated carbocycles. The number of nitrogens with zero attached hydrogens (tertiary/aromatic N) is 4. The molecule has 0 bridgehead atoms. The van der Waals surface area contributed by atoms with Crippen molar-refractivity contribution in [2.24, 2.45) is 7.05 Å². The van der Waals surface area contributed by atoms with E-state index in [1.54, 1.807) is 20.5 Å². The van der Waals surface area contributed by atoms with E-state index in [0.29, 0.717) is 12.2 Å². The van der Waals surface area contributed by atoms with Gasteiger partial charge in [-0.3, -0.25) is 14.3 Å². The van der Waals surface area contributed by atoms with E-state index in [1.807, 2.05) is 21.0 Å². The van der Waals surface area contributed by atoms with Crippen LogP contribution >= 0.6 is 0 Å². The van der Waals surface area contributed by atoms with E-state index >= 15 is 0 Å². The third-order valence-electron chi connectivity index (χ3n) is 4.90. The van der Waals surface area contributed by atoms with Crippen LogP contribution in [0.25, 0.3) is 0 Å². The zero-order valence-electron chi connectivity index (χ0n) is 12.9. The number of hydrogen-bond donors (Lipinski definition) is 0. The monoisotopic (exact) mass is 290 g/mol. The Labute approximate surface area is 124 Å². The minimum absolute atomic E-state index is 0.0900. The first-order valence-corrected chi connectivity index (χ1v) is 7.54. The van der Waals surface area contributed by atoms with Gasteiger partial charge in [0.2, 0.25) is 5.91 Å². The molecule has 6 heteroatoms. The van der Waals surface area contributed by atoms with Gasteiger partial charge in [0.15, 0.2) is 5.69 Å². The number of aromatic nitrogens is 2. The largest absolute Gasteiger partial charge is 0.344 e. The summed E-state index contributed by atoms with van der Waals surface area (Å²) in [4.78, 5) is 29.0. The molecule has 2 fully saturated rings. The summed E-state index contributed by atoms with van der Waals surface area (Å²) in [7, 11) is 3.65. The molecule has 114 valence electrons. The van der Waals surface area contributed by atoms with Crippen LogP contribution < -0.4 is 0 Å². The molecule has 0 N–H and O–H groups in total. The molecule has 3 rings (SSSR count). The van der Waals surface area contributed by atoms with Crippen molar-refractivity contribution in [3.05, 3.63) is 17.5 Å². The van der Waals surface area contributed by atoms with Crippen molar-refractivity contribution in [1.29, 1.82) is 0 Å². The zero-order chi connectivity index (χ0) is 15.2. The molecule has 1 aromatic heterocycles. The molecule has 1 aromatic rings. The highest BCUT2D eigenvalue weighted by atomic mass is 16.2. The SMILES string of the molecule is Cc1cc(C(=O)N2CCCC23CCCN(C)C3=O)nn1C. The first-order valence-electron chi connectivity index (χ1n) is 7.54. The molecule has 6 nitrogen and oxygen atoms in total. The minimum atomic E-state index is -0.629. The number of likely N-dealkylation sites (N-methyl/N-ethyl adjacent to an activating group) is 1. The summed E-state index contributed by atoms with van der Waals surface area (Å²) in [6.07, 6.45) is 3.38. The normalized spacial score (nSPS) is 26.0. The van der Waals surface area contributed by atoms with E-state index < -0.39 is 5.54 Å². The molecule has 2 saturated heterocycles. The fourth-order valence-corrected chi connectivity index (χ4v) is 3.63. The Morgan fingerprint density at radius 1 is 1.24 bits per heavy atom. The average Bonchev–Trinajstić information content (AvgIpc) is 3.01. The lowest BCUT2D eigenvalue weighted by Gasteiger charge is -2.43. The van der Waals surface area contributed by atoms with Gasteiger partial charge in [0, 0.05) is 32.9 Å². The second-order valence-electron chi connectivity index (χ2n) is 6.22. The van der Waals surface area contributed by atoms with Gasteiger partial charge in [-0.2, -0.15) is 5.10 Å². The zero-order valence-corrected chi connectivity index (χ0v) is 12.9. The molecule has 2 amide bonds. The number of likely N-dealkylation sites (tertiary alicyclic amines) is 2. The lowest BCUT2D eigenvalue weighted by Crippen LogP contribution is -2.60. The van der Waals surface area contributed by atoms with E-state index in [-0.39, 0.29) is 11.8 Å². The fourth-order valence-electron chi connectivity index (χ4n) is 3.63. The van der Waals surface area contributed by atoms with Gasteiger partial charge in [-0.1, -0.05) is 0 Å². The summed E-state index contributed by atoms with van der Waals surface area (Å²) in [5.74, 6) is -0.0212. The van der Waals surface area contributed by atoms with Gasteiger partial charge < -0.3 is 9.80 Å². The molecule has 1 atom stereocenters. The highest BCUT2D eigenvalue weighted by Crippen LogP contribution is 2.38. The molecule has 3 heterocycles. The Balaban J connectivity index is 1.93. The fraction of sp³-hybridized carbons (Fsp3) is 0.667. The van der Waals surface area contributed by atoms with Crippen molar-refractivity contribution in [1.82, 2.24) is 19.6 Å². The predicted molar refractivity (Wildman–Crippen MR) is 77.8 cm³/mol. The van der Waals surface area contributed by atoms with Crippen LogP contribution in [0.2, 0.25) is 0 Å². The van der Waals surface area contributed by atoms with Gasteiger partial charge in [-0.05, 0) is 38.7 Å². The first-order chi connectivity index (χ1) is 9.95. The second kappa shape index (κ2) is 4.86. The van der Waals surface area contributed by atoms with Gasteiger partial charge in [0.1, 0.15) is 5.54 Å². The topological polar surface area (TPSA) is 58.4 Å². The van der Waals surface area contributed by atoms with Crippen LogP contribution in [0.3, 0.4) is 0 Å². The molecular weight excluding hydrogens is 268 g/mol. The Bertz CT molecular complexity index is 575. The van der Waals surface area contributed by atoms with Crippen LogP contribution in [-0.4, -0.2) is 57.1 Å². The quantitative estimate of drug-likeness (QED) is 0.774. The lowest BCUT2D eigenvalue weighted by atomic mass is 9.85. The molecule has 1 unspecified atom stereocenters. The Morgan fingerprint density at radius 2 is 1.90 bits per heavy atom. The summed E-state index contributed by atoms with van der Waals surface area (Å²) >= 11 is 0. The van der Waals surface area contributed by atoms with E-state index in [0.717, 1.165) is 37.9 Å². The Morgan fingerprint density at radius 3 is 2.52 bits per heavy atom. The Hall–Kier alpha value is -1.85. The number of carbonyl (C=O) groups excluding carboxylic acids is 2. The molecule has 0 aliphatic carbocycles. The van der Waals surface area contributed by atoms with E-state index in [1.165, 1.54) is 0 Å². The summed E-state index contributed by atoms with van der Waals surface area (Å²) in [5, 5.41) is 4.28. The van der Waals surface area contributed by atoms with Crippen molar-refractivity contribution >= 4 is 11.8 Å². The number of amides is 2. The smallest absolute Gasteiger partial charge is 0.275 e. The molecule has 2 aliphatic rings. The third kappa shape index (κ3) is 2.04. The van der Waals surface area contributed by atoms with Crippen molar-refractivity contribution in [2.75, 3.05) is 20.1 Å². The van der Waals surface area contributed by atoms with E-state index in [4.69, 9.17) is 0 Å². The maximum Gasteiger partial charge on any atom is 0.275 e. The highest BCUT2D eigenvalue weighted by molar-refractivity contribution is 5.98. The van der Waals surface area contributed by atoms with Crippen molar-refractivity contribution in [3.8, 4) is 0 Å². The predicted octanol–water partition coefficient (Wildman–Crippen LogP) is 0.956. The molecule has 2 aliphatic heterocycles. The van der Waals surface area contributed by atoms with Gasteiger partial charge in [-0.25, -0.2) is 0 Å². The highest BCUT2D eigenvalue weighted by Gasteiger charge is 2.52. The van der Waals surface area contributed by atoms with Crippen LogP contribution in [0.1, 0.15) is 41.9 Å². The third-order valence-corrected chi connectivity index (χ3v) is 4.90.